The molecule has 0 aliphatic rings. The van der Waals surface area contributed by atoms with E-state index in [0.717, 1.165) is 17.8 Å². The van der Waals surface area contributed by atoms with Crippen LogP contribution in [-0.2, 0) is 6.42 Å². The Bertz CT molecular complexity index is 893. The molecule has 0 amide bonds. The minimum absolute atomic E-state index is 0.239. The first-order chi connectivity index (χ1) is 12.0. The van der Waals surface area contributed by atoms with Crippen molar-refractivity contribution in [3.05, 3.63) is 88.6 Å². The van der Waals surface area contributed by atoms with E-state index in [-0.39, 0.29) is 5.11 Å². The number of benzene rings is 2. The molecule has 1 aromatic heterocycles. The number of hydrogen-bond donors (Lipinski definition) is 1. The van der Waals surface area contributed by atoms with Crippen molar-refractivity contribution in [1.82, 2.24) is 4.98 Å². The molecule has 0 fully saturated rings. The molecule has 2 N–H and O–H groups in total. The van der Waals surface area contributed by atoms with Gasteiger partial charge in [-0.15, -0.1) is 0 Å². The van der Waals surface area contributed by atoms with Crippen LogP contribution >= 0.6 is 23.8 Å². The summed E-state index contributed by atoms with van der Waals surface area (Å²) in [4.78, 5) is 6.50. The highest BCUT2D eigenvalue weighted by molar-refractivity contribution is 7.80. The minimum atomic E-state index is 0.239. The summed E-state index contributed by atoms with van der Waals surface area (Å²) in [7, 11) is 0. The maximum atomic E-state index is 5.97. The summed E-state index contributed by atoms with van der Waals surface area (Å²) in [5, 5.41) is 0.899. The molecule has 3 rings (SSSR count). The quantitative estimate of drug-likeness (QED) is 0.658. The predicted octanol–water partition coefficient (Wildman–Crippen LogP) is 5.02. The standard InChI is InChI=1S/C20H18ClN3S/c1-14-5-2-3-6-15(14)13-17-7-4-8-19(23-17)24(20(22)25)18-11-9-16(21)10-12-18/h2-12H,13H2,1H3,(H2,22,25). The molecule has 0 saturated heterocycles. The number of nitrogens with two attached hydrogens (primary N) is 1. The van der Waals surface area contributed by atoms with Crippen LogP contribution in [0.4, 0.5) is 11.5 Å². The number of rotatable bonds is 4. The molecule has 3 aromatic rings. The van der Waals surface area contributed by atoms with Crippen LogP contribution in [-0.4, -0.2) is 10.1 Å². The summed E-state index contributed by atoms with van der Waals surface area (Å²) >= 11 is 11.2. The largest absolute Gasteiger partial charge is 0.376 e. The third-order valence-corrected chi connectivity index (χ3v) is 4.39. The molecule has 0 saturated carbocycles. The van der Waals surface area contributed by atoms with Gasteiger partial charge < -0.3 is 5.73 Å². The van der Waals surface area contributed by atoms with Gasteiger partial charge in [0.05, 0.1) is 0 Å². The summed E-state index contributed by atoms with van der Waals surface area (Å²) < 4.78 is 0. The van der Waals surface area contributed by atoms with Crippen molar-refractivity contribution < 1.29 is 0 Å². The number of hydrogen-bond acceptors (Lipinski definition) is 2. The summed E-state index contributed by atoms with van der Waals surface area (Å²) in [6, 6.07) is 21.5. The lowest BCUT2D eigenvalue weighted by atomic mass is 10.0. The van der Waals surface area contributed by atoms with Gasteiger partial charge in [0.15, 0.2) is 5.11 Å². The van der Waals surface area contributed by atoms with Gasteiger partial charge in [-0.2, -0.15) is 0 Å². The highest BCUT2D eigenvalue weighted by Gasteiger charge is 2.14. The lowest BCUT2D eigenvalue weighted by Crippen LogP contribution is -2.31. The lowest BCUT2D eigenvalue weighted by molar-refractivity contribution is 1.05. The fraction of sp³-hybridized carbons (Fsp3) is 0.100. The van der Waals surface area contributed by atoms with E-state index in [9.17, 15) is 0 Å². The second-order valence-corrected chi connectivity index (χ2v) is 6.60. The average molecular weight is 368 g/mol. The van der Waals surface area contributed by atoms with Crippen LogP contribution in [0.1, 0.15) is 16.8 Å². The Kier molecular flexibility index (Phi) is 5.31. The van der Waals surface area contributed by atoms with E-state index in [1.54, 1.807) is 17.0 Å². The third-order valence-electron chi connectivity index (χ3n) is 3.96. The van der Waals surface area contributed by atoms with Crippen molar-refractivity contribution >= 4 is 40.4 Å². The van der Waals surface area contributed by atoms with Crippen LogP contribution < -0.4 is 10.6 Å². The number of thiocarbonyl (C=S) groups is 1. The molecule has 0 unspecified atom stereocenters. The van der Waals surface area contributed by atoms with Crippen molar-refractivity contribution in [2.45, 2.75) is 13.3 Å². The Hall–Kier alpha value is -2.43. The van der Waals surface area contributed by atoms with Crippen LogP contribution in [0.15, 0.2) is 66.7 Å². The summed E-state index contributed by atoms with van der Waals surface area (Å²) in [6.45, 7) is 2.11. The highest BCUT2D eigenvalue weighted by atomic mass is 35.5. The molecule has 0 spiro atoms. The van der Waals surface area contributed by atoms with Gasteiger partial charge >= 0.3 is 0 Å². The van der Waals surface area contributed by atoms with Gasteiger partial charge in [0.2, 0.25) is 0 Å². The molecule has 1 heterocycles. The van der Waals surface area contributed by atoms with Gasteiger partial charge in [-0.25, -0.2) is 4.98 Å². The fourth-order valence-corrected chi connectivity index (χ4v) is 2.98. The zero-order valence-corrected chi connectivity index (χ0v) is 15.4. The predicted molar refractivity (Wildman–Crippen MR) is 109 cm³/mol. The maximum absolute atomic E-state index is 5.97. The zero-order chi connectivity index (χ0) is 17.8. The molecule has 0 atom stereocenters. The van der Waals surface area contributed by atoms with Gasteiger partial charge in [0.25, 0.3) is 0 Å². The van der Waals surface area contributed by atoms with Crippen LogP contribution in [0.25, 0.3) is 0 Å². The lowest BCUT2D eigenvalue weighted by Gasteiger charge is -2.22. The molecule has 2 aromatic carbocycles. The van der Waals surface area contributed by atoms with E-state index in [2.05, 4.69) is 19.1 Å². The first kappa shape index (κ1) is 17.4. The van der Waals surface area contributed by atoms with Crippen LogP contribution in [0.2, 0.25) is 5.02 Å². The number of aryl methyl sites for hydroxylation is 1. The molecule has 5 heteroatoms. The second kappa shape index (κ2) is 7.64. The normalized spacial score (nSPS) is 10.5. The van der Waals surface area contributed by atoms with Gasteiger partial charge in [-0.05, 0) is 66.7 Å². The van der Waals surface area contributed by atoms with Crippen LogP contribution in [0.5, 0.6) is 0 Å². The first-order valence-electron chi connectivity index (χ1n) is 7.90. The molecule has 3 nitrogen and oxygen atoms in total. The Balaban J connectivity index is 1.94. The van der Waals surface area contributed by atoms with E-state index in [1.165, 1.54) is 11.1 Å². The number of aromatic nitrogens is 1. The molecular weight excluding hydrogens is 350 g/mol. The molecule has 25 heavy (non-hydrogen) atoms. The Morgan fingerprint density at radius 2 is 1.76 bits per heavy atom. The second-order valence-electron chi connectivity index (χ2n) is 5.74. The minimum Gasteiger partial charge on any atom is -0.376 e. The summed E-state index contributed by atoms with van der Waals surface area (Å²) in [5.41, 5.74) is 10.2. The van der Waals surface area contributed by atoms with Gasteiger partial charge in [-0.1, -0.05) is 41.9 Å². The van der Waals surface area contributed by atoms with E-state index >= 15 is 0 Å². The smallest absolute Gasteiger partial charge is 0.176 e. The van der Waals surface area contributed by atoms with Crippen molar-refractivity contribution in [2.24, 2.45) is 5.73 Å². The van der Waals surface area contributed by atoms with Gasteiger partial charge in [0.1, 0.15) is 5.82 Å². The first-order valence-corrected chi connectivity index (χ1v) is 8.69. The van der Waals surface area contributed by atoms with Crippen molar-refractivity contribution in [2.75, 3.05) is 4.90 Å². The number of nitrogens with zero attached hydrogens (tertiary/aromatic N) is 2. The Morgan fingerprint density at radius 1 is 1.04 bits per heavy atom. The monoisotopic (exact) mass is 367 g/mol. The molecule has 0 bridgehead atoms. The number of anilines is 2. The van der Waals surface area contributed by atoms with E-state index in [0.29, 0.717) is 10.8 Å². The van der Waals surface area contributed by atoms with Crippen molar-refractivity contribution in [3.63, 3.8) is 0 Å². The van der Waals surface area contributed by atoms with E-state index in [4.69, 9.17) is 34.5 Å². The van der Waals surface area contributed by atoms with E-state index < -0.39 is 0 Å². The topological polar surface area (TPSA) is 42.1 Å². The van der Waals surface area contributed by atoms with Crippen molar-refractivity contribution in [1.29, 1.82) is 0 Å². The fourth-order valence-electron chi connectivity index (χ4n) is 2.66. The molecular formula is C20H18ClN3S. The SMILES string of the molecule is Cc1ccccc1Cc1cccc(N(C(N)=S)c2ccc(Cl)cc2)n1. The number of pyridine rings is 1. The van der Waals surface area contributed by atoms with Gasteiger partial charge in [0, 0.05) is 22.8 Å². The number of halogens is 1. The third kappa shape index (κ3) is 4.16. The maximum Gasteiger partial charge on any atom is 0.176 e. The van der Waals surface area contributed by atoms with Crippen LogP contribution in [0.3, 0.4) is 0 Å². The molecule has 0 aliphatic carbocycles. The molecule has 0 radical (unpaired) electrons. The van der Waals surface area contributed by atoms with Gasteiger partial charge in [-0.3, -0.25) is 4.90 Å². The molecule has 126 valence electrons. The average Bonchev–Trinajstić information content (AvgIpc) is 2.59. The Labute approximate surface area is 158 Å². The Morgan fingerprint density at radius 3 is 2.44 bits per heavy atom. The highest BCUT2D eigenvalue weighted by Crippen LogP contribution is 2.26. The van der Waals surface area contributed by atoms with Crippen molar-refractivity contribution in [3.8, 4) is 0 Å². The molecule has 0 aliphatic heterocycles. The van der Waals surface area contributed by atoms with E-state index in [1.807, 2.05) is 42.5 Å². The zero-order valence-electron chi connectivity index (χ0n) is 13.8. The summed E-state index contributed by atoms with van der Waals surface area (Å²) in [6.07, 6.45) is 0.756. The summed E-state index contributed by atoms with van der Waals surface area (Å²) in [5.74, 6) is 0.695. The van der Waals surface area contributed by atoms with Crippen LogP contribution in [0, 0.1) is 6.92 Å².